The zero-order valence-corrected chi connectivity index (χ0v) is 10.8. The lowest BCUT2D eigenvalue weighted by Gasteiger charge is -2.04. The SMILES string of the molecule is N#Cc1ccc(OC(=O)c2cccc(Br)c2)cc1. The molecule has 0 aliphatic carbocycles. The summed E-state index contributed by atoms with van der Waals surface area (Å²) in [7, 11) is 0. The summed E-state index contributed by atoms with van der Waals surface area (Å²) in [6.45, 7) is 0. The molecule has 0 N–H and O–H groups in total. The fraction of sp³-hybridized carbons (Fsp3) is 0. The monoisotopic (exact) mass is 301 g/mol. The Balaban J connectivity index is 2.14. The molecule has 0 aromatic heterocycles. The Bertz CT molecular complexity index is 614. The first-order valence-electron chi connectivity index (χ1n) is 5.17. The van der Waals surface area contributed by atoms with Gasteiger partial charge in [0.25, 0.3) is 0 Å². The Kier molecular flexibility index (Phi) is 3.75. The number of nitriles is 1. The molecular formula is C14H8BrNO2. The van der Waals surface area contributed by atoms with Crippen molar-refractivity contribution in [2.45, 2.75) is 0 Å². The number of benzene rings is 2. The van der Waals surface area contributed by atoms with E-state index in [-0.39, 0.29) is 0 Å². The van der Waals surface area contributed by atoms with Crippen molar-refractivity contribution < 1.29 is 9.53 Å². The predicted molar refractivity (Wildman–Crippen MR) is 70.3 cm³/mol. The van der Waals surface area contributed by atoms with Crippen LogP contribution < -0.4 is 4.74 Å². The van der Waals surface area contributed by atoms with Gasteiger partial charge in [-0.05, 0) is 42.5 Å². The molecule has 88 valence electrons. The maximum absolute atomic E-state index is 11.8. The van der Waals surface area contributed by atoms with Gasteiger partial charge in [-0.2, -0.15) is 5.26 Å². The van der Waals surface area contributed by atoms with Gasteiger partial charge in [0, 0.05) is 4.47 Å². The normalized spacial score (nSPS) is 9.56. The van der Waals surface area contributed by atoms with Crippen molar-refractivity contribution in [1.82, 2.24) is 0 Å². The number of ether oxygens (including phenoxy) is 1. The van der Waals surface area contributed by atoms with Crippen LogP contribution in [0.5, 0.6) is 5.75 Å². The van der Waals surface area contributed by atoms with Crippen LogP contribution in [0.3, 0.4) is 0 Å². The third-order valence-electron chi connectivity index (χ3n) is 2.25. The maximum Gasteiger partial charge on any atom is 0.343 e. The van der Waals surface area contributed by atoms with Crippen LogP contribution in [0, 0.1) is 11.3 Å². The maximum atomic E-state index is 11.8. The van der Waals surface area contributed by atoms with E-state index in [9.17, 15) is 4.79 Å². The first-order valence-corrected chi connectivity index (χ1v) is 5.96. The lowest BCUT2D eigenvalue weighted by molar-refractivity contribution is 0.0734. The van der Waals surface area contributed by atoms with E-state index < -0.39 is 5.97 Å². The van der Waals surface area contributed by atoms with E-state index in [2.05, 4.69) is 15.9 Å². The van der Waals surface area contributed by atoms with Crippen LogP contribution in [0.4, 0.5) is 0 Å². The van der Waals surface area contributed by atoms with Crippen LogP contribution in [0.2, 0.25) is 0 Å². The lowest BCUT2D eigenvalue weighted by Crippen LogP contribution is -2.08. The Hall–Kier alpha value is -2.12. The highest BCUT2D eigenvalue weighted by atomic mass is 79.9. The van der Waals surface area contributed by atoms with Crippen molar-refractivity contribution in [1.29, 1.82) is 5.26 Å². The van der Waals surface area contributed by atoms with Crippen molar-refractivity contribution in [3.05, 3.63) is 64.1 Å². The molecular weight excluding hydrogens is 294 g/mol. The molecule has 2 aromatic carbocycles. The molecule has 0 saturated carbocycles. The Morgan fingerprint density at radius 2 is 1.89 bits per heavy atom. The largest absolute Gasteiger partial charge is 0.423 e. The molecule has 0 spiro atoms. The second-order valence-electron chi connectivity index (χ2n) is 3.54. The number of halogens is 1. The molecule has 0 fully saturated rings. The first kappa shape index (κ1) is 12.3. The van der Waals surface area contributed by atoms with Crippen LogP contribution in [0.25, 0.3) is 0 Å². The summed E-state index contributed by atoms with van der Waals surface area (Å²) in [4.78, 5) is 11.8. The van der Waals surface area contributed by atoms with E-state index in [1.165, 1.54) is 0 Å². The highest BCUT2D eigenvalue weighted by Crippen LogP contribution is 2.16. The minimum Gasteiger partial charge on any atom is -0.423 e. The number of rotatable bonds is 2. The second kappa shape index (κ2) is 5.48. The molecule has 18 heavy (non-hydrogen) atoms. The third kappa shape index (κ3) is 2.96. The standard InChI is InChI=1S/C14H8BrNO2/c15-12-3-1-2-11(8-12)14(17)18-13-6-4-10(9-16)5-7-13/h1-8H. The highest BCUT2D eigenvalue weighted by molar-refractivity contribution is 9.10. The third-order valence-corrected chi connectivity index (χ3v) is 2.75. The van der Waals surface area contributed by atoms with Crippen molar-refractivity contribution in [3.63, 3.8) is 0 Å². The second-order valence-corrected chi connectivity index (χ2v) is 4.45. The van der Waals surface area contributed by atoms with Crippen molar-refractivity contribution >= 4 is 21.9 Å². The smallest absolute Gasteiger partial charge is 0.343 e. The van der Waals surface area contributed by atoms with Crippen molar-refractivity contribution in [2.75, 3.05) is 0 Å². The number of nitrogens with zero attached hydrogens (tertiary/aromatic N) is 1. The summed E-state index contributed by atoms with van der Waals surface area (Å²) in [5.74, 6) is -0.0139. The zero-order valence-electron chi connectivity index (χ0n) is 9.26. The van der Waals surface area contributed by atoms with E-state index >= 15 is 0 Å². The van der Waals surface area contributed by atoms with Gasteiger partial charge in [0.2, 0.25) is 0 Å². The molecule has 0 aliphatic heterocycles. The summed E-state index contributed by atoms with van der Waals surface area (Å²) >= 11 is 3.29. The molecule has 0 atom stereocenters. The molecule has 0 saturated heterocycles. The van der Waals surface area contributed by atoms with Gasteiger partial charge in [0.15, 0.2) is 0 Å². The minimum absolute atomic E-state index is 0.416. The van der Waals surface area contributed by atoms with E-state index in [1.54, 1.807) is 42.5 Å². The summed E-state index contributed by atoms with van der Waals surface area (Å²) in [5.41, 5.74) is 0.992. The molecule has 3 nitrogen and oxygen atoms in total. The summed E-state index contributed by atoms with van der Waals surface area (Å²) in [5, 5.41) is 8.66. The topological polar surface area (TPSA) is 50.1 Å². The molecule has 0 bridgehead atoms. The first-order chi connectivity index (χ1) is 8.69. The molecule has 2 rings (SSSR count). The lowest BCUT2D eigenvalue weighted by atomic mass is 10.2. The van der Waals surface area contributed by atoms with Crippen molar-refractivity contribution in [3.8, 4) is 11.8 Å². The molecule has 4 heteroatoms. The van der Waals surface area contributed by atoms with Crippen LogP contribution in [-0.2, 0) is 0 Å². The predicted octanol–water partition coefficient (Wildman–Crippen LogP) is 3.54. The van der Waals surface area contributed by atoms with Gasteiger partial charge in [0.1, 0.15) is 5.75 Å². The molecule has 0 radical (unpaired) electrons. The van der Waals surface area contributed by atoms with Crippen LogP contribution >= 0.6 is 15.9 Å². The molecule has 0 heterocycles. The Morgan fingerprint density at radius 3 is 2.50 bits per heavy atom. The van der Waals surface area contributed by atoms with E-state index in [1.807, 2.05) is 12.1 Å². The van der Waals surface area contributed by atoms with E-state index in [0.717, 1.165) is 4.47 Å². The zero-order chi connectivity index (χ0) is 13.0. The van der Waals surface area contributed by atoms with Gasteiger partial charge < -0.3 is 4.74 Å². The number of carbonyl (C=O) groups is 1. The summed E-state index contributed by atoms with van der Waals surface area (Å²) < 4.78 is 6.00. The van der Waals surface area contributed by atoms with E-state index in [4.69, 9.17) is 10.00 Å². The van der Waals surface area contributed by atoms with Crippen molar-refractivity contribution in [2.24, 2.45) is 0 Å². The van der Waals surface area contributed by atoms with Crippen LogP contribution in [0.15, 0.2) is 53.0 Å². The number of hydrogen-bond acceptors (Lipinski definition) is 3. The average molecular weight is 302 g/mol. The minimum atomic E-state index is -0.430. The number of carbonyl (C=O) groups excluding carboxylic acids is 1. The van der Waals surface area contributed by atoms with Gasteiger partial charge in [0.05, 0.1) is 17.2 Å². The average Bonchev–Trinajstić information content (AvgIpc) is 2.39. The Morgan fingerprint density at radius 1 is 1.17 bits per heavy atom. The van der Waals surface area contributed by atoms with Gasteiger partial charge in [-0.15, -0.1) is 0 Å². The quantitative estimate of drug-likeness (QED) is 0.630. The van der Waals surface area contributed by atoms with E-state index in [0.29, 0.717) is 16.9 Å². The number of esters is 1. The summed E-state index contributed by atoms with van der Waals surface area (Å²) in [6.07, 6.45) is 0. The van der Waals surface area contributed by atoms with Gasteiger partial charge in [-0.1, -0.05) is 22.0 Å². The molecule has 0 aliphatic rings. The fourth-order valence-corrected chi connectivity index (χ4v) is 1.78. The highest BCUT2D eigenvalue weighted by Gasteiger charge is 2.08. The molecule has 2 aromatic rings. The Labute approximate surface area is 113 Å². The van der Waals surface area contributed by atoms with Crippen LogP contribution in [0.1, 0.15) is 15.9 Å². The van der Waals surface area contributed by atoms with Gasteiger partial charge >= 0.3 is 5.97 Å². The molecule has 0 unspecified atom stereocenters. The summed E-state index contributed by atoms with van der Waals surface area (Å²) in [6, 6.07) is 15.3. The molecule has 0 amide bonds. The van der Waals surface area contributed by atoms with Gasteiger partial charge in [-0.3, -0.25) is 0 Å². The van der Waals surface area contributed by atoms with Gasteiger partial charge in [-0.25, -0.2) is 4.79 Å². The fourth-order valence-electron chi connectivity index (χ4n) is 1.38. The number of hydrogen-bond donors (Lipinski definition) is 0. The van der Waals surface area contributed by atoms with Crippen LogP contribution in [-0.4, -0.2) is 5.97 Å².